The highest BCUT2D eigenvalue weighted by molar-refractivity contribution is 7.09. The number of aromatic nitrogens is 1. The van der Waals surface area contributed by atoms with E-state index in [9.17, 15) is 9.59 Å². The lowest BCUT2D eigenvalue weighted by atomic mass is 10.2. The van der Waals surface area contributed by atoms with Crippen LogP contribution >= 0.6 is 11.3 Å². The van der Waals surface area contributed by atoms with E-state index in [0.717, 1.165) is 10.7 Å². The van der Waals surface area contributed by atoms with E-state index >= 15 is 0 Å². The van der Waals surface area contributed by atoms with Crippen molar-refractivity contribution in [3.05, 3.63) is 16.1 Å². The number of carbonyl (C=O) groups is 2. The molecule has 1 heterocycles. The third kappa shape index (κ3) is 5.69. The third-order valence-corrected chi connectivity index (χ3v) is 3.34. The van der Waals surface area contributed by atoms with Crippen LogP contribution < -0.4 is 10.6 Å². The number of urea groups is 1. The van der Waals surface area contributed by atoms with Gasteiger partial charge in [-0.3, -0.25) is 0 Å². The number of carboxylic acid groups (broad SMARTS) is 1. The lowest BCUT2D eigenvalue weighted by Gasteiger charge is -2.13. The zero-order chi connectivity index (χ0) is 14.3. The highest BCUT2D eigenvalue weighted by atomic mass is 32.1. The Kier molecular flexibility index (Phi) is 6.27. The second-order valence-electron chi connectivity index (χ2n) is 4.19. The Morgan fingerprint density at radius 2 is 2.26 bits per heavy atom. The van der Waals surface area contributed by atoms with Crippen molar-refractivity contribution in [1.29, 1.82) is 0 Å². The molecular formula is C12H19N3O3S. The second-order valence-corrected chi connectivity index (χ2v) is 5.25. The van der Waals surface area contributed by atoms with Gasteiger partial charge < -0.3 is 15.7 Å². The predicted molar refractivity (Wildman–Crippen MR) is 73.4 cm³/mol. The van der Waals surface area contributed by atoms with E-state index in [2.05, 4.69) is 15.6 Å². The lowest BCUT2D eigenvalue weighted by molar-refractivity contribution is -0.139. The minimum atomic E-state index is -1.01. The minimum absolute atomic E-state index is 0.425. The Labute approximate surface area is 116 Å². The summed E-state index contributed by atoms with van der Waals surface area (Å²) < 4.78 is 0. The first-order valence-electron chi connectivity index (χ1n) is 6.21. The van der Waals surface area contributed by atoms with E-state index in [1.807, 2.05) is 19.2 Å². The van der Waals surface area contributed by atoms with Crippen molar-refractivity contribution in [3.63, 3.8) is 0 Å². The molecule has 0 bridgehead atoms. The van der Waals surface area contributed by atoms with Crippen LogP contribution in [-0.4, -0.2) is 34.7 Å². The number of aliphatic carboxylic acids is 1. The molecule has 0 fully saturated rings. The molecule has 0 spiro atoms. The van der Waals surface area contributed by atoms with E-state index in [1.165, 1.54) is 0 Å². The van der Waals surface area contributed by atoms with E-state index in [4.69, 9.17) is 5.11 Å². The maximum Gasteiger partial charge on any atom is 0.326 e. The topological polar surface area (TPSA) is 91.3 Å². The summed E-state index contributed by atoms with van der Waals surface area (Å²) in [4.78, 5) is 26.7. The average molecular weight is 285 g/mol. The number of thiazole rings is 1. The molecule has 106 valence electrons. The average Bonchev–Trinajstić information content (AvgIpc) is 2.74. The molecule has 1 rings (SSSR count). The van der Waals surface area contributed by atoms with Gasteiger partial charge in [0.25, 0.3) is 0 Å². The maximum atomic E-state index is 11.5. The van der Waals surface area contributed by atoms with Crippen molar-refractivity contribution in [1.82, 2.24) is 15.6 Å². The summed E-state index contributed by atoms with van der Waals surface area (Å²) in [6.07, 6.45) is 1.77. The Balaban J connectivity index is 2.28. The van der Waals surface area contributed by atoms with Crippen molar-refractivity contribution in [2.45, 2.75) is 39.2 Å². The lowest BCUT2D eigenvalue weighted by Crippen LogP contribution is -2.46. The first-order chi connectivity index (χ1) is 9.02. The number of nitrogens with one attached hydrogen (secondary N) is 2. The Bertz CT molecular complexity index is 434. The molecule has 3 N–H and O–H groups in total. The number of carboxylic acids is 1. The van der Waals surface area contributed by atoms with Gasteiger partial charge in [0, 0.05) is 18.3 Å². The zero-order valence-corrected chi connectivity index (χ0v) is 11.9. The van der Waals surface area contributed by atoms with Gasteiger partial charge in [-0.1, -0.05) is 13.3 Å². The van der Waals surface area contributed by atoms with Crippen LogP contribution in [0.2, 0.25) is 0 Å². The highest BCUT2D eigenvalue weighted by Gasteiger charge is 2.18. The van der Waals surface area contributed by atoms with Crippen molar-refractivity contribution >= 4 is 23.3 Å². The van der Waals surface area contributed by atoms with Gasteiger partial charge in [-0.05, 0) is 13.3 Å². The van der Waals surface area contributed by atoms with Crippen LogP contribution in [0.15, 0.2) is 5.38 Å². The van der Waals surface area contributed by atoms with Gasteiger partial charge in [0.05, 0.1) is 10.7 Å². The van der Waals surface area contributed by atoms with Gasteiger partial charge in [0.2, 0.25) is 0 Å². The fraction of sp³-hybridized carbons (Fsp3) is 0.583. The summed E-state index contributed by atoms with van der Waals surface area (Å²) in [7, 11) is 0. The molecule has 7 heteroatoms. The SMILES string of the molecule is CCC[C@@H](NC(=O)NCCc1csc(C)n1)C(=O)O. The number of rotatable bonds is 7. The van der Waals surface area contributed by atoms with Gasteiger partial charge in [0.15, 0.2) is 0 Å². The number of carbonyl (C=O) groups excluding carboxylic acids is 1. The molecule has 2 amide bonds. The number of hydrogen-bond acceptors (Lipinski definition) is 4. The number of hydrogen-bond donors (Lipinski definition) is 3. The fourth-order valence-corrected chi connectivity index (χ4v) is 2.23. The minimum Gasteiger partial charge on any atom is -0.480 e. The molecule has 0 saturated carbocycles. The highest BCUT2D eigenvalue weighted by Crippen LogP contribution is 2.07. The molecule has 1 aromatic rings. The van der Waals surface area contributed by atoms with Crippen LogP contribution in [0, 0.1) is 6.92 Å². The van der Waals surface area contributed by atoms with Crippen molar-refractivity contribution in [3.8, 4) is 0 Å². The van der Waals surface area contributed by atoms with Crippen molar-refractivity contribution in [2.24, 2.45) is 0 Å². The Morgan fingerprint density at radius 3 is 2.79 bits per heavy atom. The molecule has 0 aromatic carbocycles. The van der Waals surface area contributed by atoms with Gasteiger partial charge in [0.1, 0.15) is 6.04 Å². The normalized spacial score (nSPS) is 11.9. The standard InChI is InChI=1S/C12H19N3O3S/c1-3-4-10(11(16)17)15-12(18)13-6-5-9-7-19-8(2)14-9/h7,10H,3-6H2,1-2H3,(H,16,17)(H2,13,15,18)/t10-/m1/s1. The summed E-state index contributed by atoms with van der Waals surface area (Å²) in [6.45, 7) is 4.24. The molecule has 0 radical (unpaired) electrons. The smallest absolute Gasteiger partial charge is 0.326 e. The monoisotopic (exact) mass is 285 g/mol. The van der Waals surface area contributed by atoms with Crippen LogP contribution in [0.5, 0.6) is 0 Å². The van der Waals surface area contributed by atoms with Crippen LogP contribution in [0.25, 0.3) is 0 Å². The predicted octanol–water partition coefficient (Wildman–Crippen LogP) is 1.55. The first kappa shape index (κ1) is 15.4. The van der Waals surface area contributed by atoms with E-state index < -0.39 is 18.0 Å². The Hall–Kier alpha value is -1.63. The summed E-state index contributed by atoms with van der Waals surface area (Å²) in [5.41, 5.74) is 0.936. The van der Waals surface area contributed by atoms with E-state index in [-0.39, 0.29) is 0 Å². The molecular weight excluding hydrogens is 266 g/mol. The van der Waals surface area contributed by atoms with Gasteiger partial charge in [-0.25, -0.2) is 14.6 Å². The van der Waals surface area contributed by atoms with E-state index in [1.54, 1.807) is 11.3 Å². The van der Waals surface area contributed by atoms with Crippen molar-refractivity contribution < 1.29 is 14.7 Å². The summed E-state index contributed by atoms with van der Waals surface area (Å²) in [5, 5.41) is 16.9. The van der Waals surface area contributed by atoms with Gasteiger partial charge in [-0.2, -0.15) is 0 Å². The fourth-order valence-electron chi connectivity index (χ4n) is 1.58. The third-order valence-electron chi connectivity index (χ3n) is 2.51. The zero-order valence-electron chi connectivity index (χ0n) is 11.1. The summed E-state index contributed by atoms with van der Waals surface area (Å²) >= 11 is 1.57. The molecule has 0 aliphatic carbocycles. The number of aryl methyl sites for hydroxylation is 1. The molecule has 1 atom stereocenters. The summed E-state index contributed by atoms with van der Waals surface area (Å²) in [5.74, 6) is -1.01. The van der Waals surface area contributed by atoms with Crippen LogP contribution in [0.4, 0.5) is 4.79 Å². The molecule has 6 nitrogen and oxygen atoms in total. The molecule has 19 heavy (non-hydrogen) atoms. The number of nitrogens with zero attached hydrogens (tertiary/aromatic N) is 1. The quantitative estimate of drug-likeness (QED) is 0.708. The molecule has 0 aliphatic rings. The molecule has 1 aromatic heterocycles. The molecule has 0 unspecified atom stereocenters. The van der Waals surface area contributed by atoms with Gasteiger partial charge >= 0.3 is 12.0 Å². The van der Waals surface area contributed by atoms with E-state index in [0.29, 0.717) is 25.8 Å². The van der Waals surface area contributed by atoms with Crippen LogP contribution in [-0.2, 0) is 11.2 Å². The van der Waals surface area contributed by atoms with Crippen molar-refractivity contribution in [2.75, 3.05) is 6.54 Å². The van der Waals surface area contributed by atoms with Gasteiger partial charge in [-0.15, -0.1) is 11.3 Å². The van der Waals surface area contributed by atoms with Crippen LogP contribution in [0.1, 0.15) is 30.5 Å². The second kappa shape index (κ2) is 7.73. The Morgan fingerprint density at radius 1 is 1.53 bits per heavy atom. The number of amides is 2. The van der Waals surface area contributed by atoms with Crippen LogP contribution in [0.3, 0.4) is 0 Å². The maximum absolute atomic E-state index is 11.5. The molecule has 0 aliphatic heterocycles. The molecule has 0 saturated heterocycles. The summed E-state index contributed by atoms with van der Waals surface area (Å²) in [6, 6.07) is -1.28. The first-order valence-corrected chi connectivity index (χ1v) is 7.09. The largest absolute Gasteiger partial charge is 0.480 e.